The molecule has 0 aliphatic heterocycles. The van der Waals surface area contributed by atoms with E-state index in [1.165, 1.54) is 0 Å². The summed E-state index contributed by atoms with van der Waals surface area (Å²) in [6.07, 6.45) is 5.68. The van der Waals surface area contributed by atoms with E-state index in [1.807, 2.05) is 6.92 Å². The molecule has 0 radical (unpaired) electrons. The Balaban J connectivity index is 1.78. The molecule has 0 unspecified atom stereocenters. The van der Waals surface area contributed by atoms with E-state index >= 15 is 0 Å². The van der Waals surface area contributed by atoms with E-state index in [4.69, 9.17) is 4.52 Å². The number of anilines is 1. The molecule has 2 heterocycles. The fraction of sp³-hybridized carbons (Fsp3) is 0.455. The molecule has 0 aliphatic carbocycles. The lowest BCUT2D eigenvalue weighted by Crippen LogP contribution is -2.11. The van der Waals surface area contributed by atoms with E-state index in [0.717, 1.165) is 12.8 Å². The largest absolute Gasteiger partial charge is 0.339 e. The molecule has 0 bridgehead atoms. The third-order valence-electron chi connectivity index (χ3n) is 2.33. The molecular formula is C11H15N5O2. The Morgan fingerprint density at radius 1 is 1.50 bits per heavy atom. The van der Waals surface area contributed by atoms with Gasteiger partial charge in [0.15, 0.2) is 5.82 Å². The number of nitrogens with zero attached hydrogens (tertiary/aromatic N) is 3. The number of hydrogen-bond acceptors (Lipinski definition) is 5. The van der Waals surface area contributed by atoms with Crippen LogP contribution in [0.3, 0.4) is 0 Å². The second-order valence-electron chi connectivity index (χ2n) is 3.89. The molecule has 96 valence electrons. The fourth-order valence-electron chi connectivity index (χ4n) is 1.48. The van der Waals surface area contributed by atoms with Gasteiger partial charge < -0.3 is 9.84 Å². The SMILES string of the molecule is CCCc1noc(CCC(=O)Nc2cn[nH]c2)n1. The third-order valence-corrected chi connectivity index (χ3v) is 2.33. The Labute approximate surface area is 104 Å². The van der Waals surface area contributed by atoms with E-state index in [2.05, 4.69) is 25.7 Å². The summed E-state index contributed by atoms with van der Waals surface area (Å²) in [4.78, 5) is 15.8. The summed E-state index contributed by atoms with van der Waals surface area (Å²) in [6.45, 7) is 2.05. The van der Waals surface area contributed by atoms with Crippen LogP contribution in [0.5, 0.6) is 0 Å². The number of hydrogen-bond donors (Lipinski definition) is 2. The molecular weight excluding hydrogens is 234 g/mol. The van der Waals surface area contributed by atoms with Crippen molar-refractivity contribution in [3.8, 4) is 0 Å². The Hall–Kier alpha value is -2.18. The predicted octanol–water partition coefficient (Wildman–Crippen LogP) is 1.32. The molecule has 1 amide bonds. The smallest absolute Gasteiger partial charge is 0.227 e. The molecule has 0 atom stereocenters. The topological polar surface area (TPSA) is 96.7 Å². The first-order valence-electron chi connectivity index (χ1n) is 5.88. The van der Waals surface area contributed by atoms with Crippen LogP contribution in [-0.4, -0.2) is 26.2 Å². The maximum atomic E-state index is 11.6. The zero-order valence-electron chi connectivity index (χ0n) is 10.1. The molecule has 0 saturated carbocycles. The molecule has 2 aromatic rings. The zero-order chi connectivity index (χ0) is 12.8. The number of carbonyl (C=O) groups excluding carboxylic acids is 1. The van der Waals surface area contributed by atoms with Crippen molar-refractivity contribution in [2.75, 3.05) is 5.32 Å². The van der Waals surface area contributed by atoms with Crippen LogP contribution in [0.4, 0.5) is 5.69 Å². The van der Waals surface area contributed by atoms with Gasteiger partial charge in [-0.05, 0) is 6.42 Å². The van der Waals surface area contributed by atoms with Gasteiger partial charge >= 0.3 is 0 Å². The molecule has 0 saturated heterocycles. The number of aryl methyl sites for hydroxylation is 2. The lowest BCUT2D eigenvalue weighted by molar-refractivity contribution is -0.116. The summed E-state index contributed by atoms with van der Waals surface area (Å²) in [6, 6.07) is 0. The molecule has 0 aliphatic rings. The van der Waals surface area contributed by atoms with E-state index in [9.17, 15) is 4.79 Å². The minimum atomic E-state index is -0.105. The van der Waals surface area contributed by atoms with Crippen molar-refractivity contribution in [3.05, 3.63) is 24.1 Å². The van der Waals surface area contributed by atoms with E-state index < -0.39 is 0 Å². The standard InChI is InChI=1S/C11H15N5O2/c1-2-3-9-15-11(18-16-9)5-4-10(17)14-8-6-12-13-7-8/h6-7H,2-5H2,1H3,(H,12,13)(H,14,17). The van der Waals surface area contributed by atoms with Crippen LogP contribution in [0.25, 0.3) is 0 Å². The molecule has 0 fully saturated rings. The van der Waals surface area contributed by atoms with Gasteiger partial charge in [0.1, 0.15) is 0 Å². The summed E-state index contributed by atoms with van der Waals surface area (Å²) >= 11 is 0. The van der Waals surface area contributed by atoms with Gasteiger partial charge in [-0.3, -0.25) is 9.89 Å². The first-order chi connectivity index (χ1) is 8.78. The van der Waals surface area contributed by atoms with E-state index in [0.29, 0.717) is 30.2 Å². The van der Waals surface area contributed by atoms with Gasteiger partial charge in [-0.2, -0.15) is 10.1 Å². The van der Waals surface area contributed by atoms with Crippen molar-refractivity contribution in [1.29, 1.82) is 0 Å². The van der Waals surface area contributed by atoms with Gasteiger partial charge in [-0.25, -0.2) is 0 Å². The highest BCUT2D eigenvalue weighted by atomic mass is 16.5. The van der Waals surface area contributed by atoms with Crippen molar-refractivity contribution in [2.45, 2.75) is 32.6 Å². The summed E-state index contributed by atoms with van der Waals surface area (Å²) in [5.41, 5.74) is 0.650. The maximum Gasteiger partial charge on any atom is 0.227 e. The molecule has 18 heavy (non-hydrogen) atoms. The zero-order valence-corrected chi connectivity index (χ0v) is 10.1. The second kappa shape index (κ2) is 5.95. The van der Waals surface area contributed by atoms with Crippen LogP contribution >= 0.6 is 0 Å². The molecule has 2 N–H and O–H groups in total. The van der Waals surface area contributed by atoms with E-state index in [1.54, 1.807) is 12.4 Å². The Morgan fingerprint density at radius 2 is 2.39 bits per heavy atom. The Bertz CT molecular complexity index is 491. The number of aromatic amines is 1. The third kappa shape index (κ3) is 3.41. The minimum absolute atomic E-state index is 0.105. The fourth-order valence-corrected chi connectivity index (χ4v) is 1.48. The Kier molecular flexibility index (Phi) is 4.06. The van der Waals surface area contributed by atoms with Crippen LogP contribution in [0.2, 0.25) is 0 Å². The summed E-state index contributed by atoms with van der Waals surface area (Å²) in [5, 5.41) is 12.9. The Morgan fingerprint density at radius 3 is 3.11 bits per heavy atom. The van der Waals surface area contributed by atoms with Crippen molar-refractivity contribution < 1.29 is 9.32 Å². The lowest BCUT2D eigenvalue weighted by atomic mass is 10.3. The first kappa shape index (κ1) is 12.3. The second-order valence-corrected chi connectivity index (χ2v) is 3.89. The van der Waals surface area contributed by atoms with Gasteiger partial charge in [0.05, 0.1) is 11.9 Å². The molecule has 7 heteroatoms. The average Bonchev–Trinajstić information content (AvgIpc) is 2.99. The maximum absolute atomic E-state index is 11.6. The molecule has 0 aromatic carbocycles. The number of amides is 1. The normalized spacial score (nSPS) is 10.5. The van der Waals surface area contributed by atoms with Crippen LogP contribution in [0.1, 0.15) is 31.5 Å². The van der Waals surface area contributed by atoms with Crippen molar-refractivity contribution >= 4 is 11.6 Å². The van der Waals surface area contributed by atoms with Gasteiger partial charge in [-0.1, -0.05) is 12.1 Å². The molecule has 2 rings (SSSR count). The van der Waals surface area contributed by atoms with Gasteiger partial charge in [-0.15, -0.1) is 0 Å². The monoisotopic (exact) mass is 249 g/mol. The summed E-state index contributed by atoms with van der Waals surface area (Å²) < 4.78 is 5.04. The quantitative estimate of drug-likeness (QED) is 0.804. The van der Waals surface area contributed by atoms with Gasteiger partial charge in [0, 0.05) is 25.5 Å². The molecule has 0 spiro atoms. The predicted molar refractivity (Wildman–Crippen MR) is 63.8 cm³/mol. The molecule has 2 aromatic heterocycles. The summed E-state index contributed by atoms with van der Waals surface area (Å²) in [5.74, 6) is 1.09. The average molecular weight is 249 g/mol. The highest BCUT2D eigenvalue weighted by Gasteiger charge is 2.09. The van der Waals surface area contributed by atoms with Gasteiger partial charge in [0.2, 0.25) is 11.8 Å². The van der Waals surface area contributed by atoms with Crippen molar-refractivity contribution in [2.24, 2.45) is 0 Å². The summed E-state index contributed by atoms with van der Waals surface area (Å²) in [7, 11) is 0. The number of carbonyl (C=O) groups is 1. The van der Waals surface area contributed by atoms with Crippen LogP contribution in [-0.2, 0) is 17.6 Å². The number of aromatic nitrogens is 4. The van der Waals surface area contributed by atoms with Crippen molar-refractivity contribution in [1.82, 2.24) is 20.3 Å². The first-order valence-corrected chi connectivity index (χ1v) is 5.88. The molecule has 7 nitrogen and oxygen atoms in total. The van der Waals surface area contributed by atoms with Gasteiger partial charge in [0.25, 0.3) is 0 Å². The lowest BCUT2D eigenvalue weighted by Gasteiger charge is -1.99. The highest BCUT2D eigenvalue weighted by Crippen LogP contribution is 2.06. The van der Waals surface area contributed by atoms with E-state index in [-0.39, 0.29) is 5.91 Å². The minimum Gasteiger partial charge on any atom is -0.339 e. The number of H-pyrrole nitrogens is 1. The highest BCUT2D eigenvalue weighted by molar-refractivity contribution is 5.90. The van der Waals surface area contributed by atoms with Crippen LogP contribution in [0.15, 0.2) is 16.9 Å². The number of nitrogens with one attached hydrogen (secondary N) is 2. The van der Waals surface area contributed by atoms with Crippen LogP contribution < -0.4 is 5.32 Å². The number of rotatable bonds is 6. The van der Waals surface area contributed by atoms with Crippen molar-refractivity contribution in [3.63, 3.8) is 0 Å². The van der Waals surface area contributed by atoms with Crippen LogP contribution in [0, 0.1) is 0 Å².